The van der Waals surface area contributed by atoms with E-state index in [1.54, 1.807) is 4.57 Å². The van der Waals surface area contributed by atoms with Crippen LogP contribution >= 0.6 is 26.9 Å². The first-order valence-corrected chi connectivity index (χ1v) is 18.2. The Labute approximate surface area is 267 Å². The number of nitrogens with two attached hydrogens (primary N) is 2. The number of methoxy groups -OCH3 is 1. The van der Waals surface area contributed by atoms with Crippen molar-refractivity contribution in [2.45, 2.75) is 49.2 Å². The van der Waals surface area contributed by atoms with Crippen molar-refractivity contribution in [2.24, 2.45) is 11.3 Å². The second-order valence-corrected chi connectivity index (χ2v) is 15.9. The molecule has 2 bridgehead atoms. The van der Waals surface area contributed by atoms with E-state index < -0.39 is 87.5 Å². The number of nitrogen functional groups attached to an aromatic ring is 2. The summed E-state index contributed by atoms with van der Waals surface area (Å²) in [6.07, 6.45) is -4.68. The lowest BCUT2D eigenvalue weighted by Gasteiger charge is -2.30. The van der Waals surface area contributed by atoms with Crippen molar-refractivity contribution in [1.82, 2.24) is 44.5 Å². The van der Waals surface area contributed by atoms with Gasteiger partial charge in [0.2, 0.25) is 5.95 Å². The predicted octanol–water partition coefficient (Wildman–Crippen LogP) is -0.691. The molecule has 2 aliphatic heterocycles. The van der Waals surface area contributed by atoms with Crippen LogP contribution in [0, 0.1) is 11.3 Å². The van der Waals surface area contributed by atoms with Gasteiger partial charge in [-0.3, -0.25) is 27.9 Å². The molecule has 11 atom stereocenters. The highest BCUT2D eigenvalue weighted by molar-refractivity contribution is 8.44. The molecule has 25 heteroatoms. The van der Waals surface area contributed by atoms with Crippen molar-refractivity contribution in [3.63, 3.8) is 0 Å². The largest absolute Gasteiger partial charge is 0.472 e. The van der Waals surface area contributed by atoms with Crippen LogP contribution in [-0.4, -0.2) is 105 Å². The van der Waals surface area contributed by atoms with Crippen molar-refractivity contribution in [2.75, 3.05) is 31.8 Å². The number of aromatic amines is 1. The monoisotopic (exact) mass is 715 g/mol. The smallest absolute Gasteiger partial charge is 0.388 e. The number of H-pyrrole nitrogens is 1. The number of nitrogens with one attached hydrogen (secondary N) is 1. The zero-order valence-corrected chi connectivity index (χ0v) is 26.7. The molecule has 1 spiro atoms. The first kappa shape index (κ1) is 31.2. The molecule has 4 fully saturated rings. The van der Waals surface area contributed by atoms with Gasteiger partial charge in [-0.15, -0.1) is 5.10 Å². The van der Waals surface area contributed by atoms with Gasteiger partial charge in [-0.1, -0.05) is 17.5 Å². The van der Waals surface area contributed by atoms with Crippen LogP contribution in [0.5, 0.6) is 0 Å². The standard InChI is InChI=1S/C22H27N11O11P2S/c1-39-13-8-3-40-46(38,47)44-15-12(34)11(32-6-27-9-16(23)25-5-26-17(9)32)7-2-22(7,15)4-41-45(36,37)43-14(13)20(42-8)33-18-10(30-31-33)19(35)29-21(24)28-18/h5-8,11-15,20,34H,2-4H2,1H3,(H,36,37)(H,38,47)(H2,23,25,26)(H3,24,28,29,35)/t7-,8-,11-,12+,13-,14-,15+,20-,22+,46-/m1/s1. The van der Waals surface area contributed by atoms with Gasteiger partial charge in [0.05, 0.1) is 25.6 Å². The predicted molar refractivity (Wildman–Crippen MR) is 158 cm³/mol. The van der Waals surface area contributed by atoms with Gasteiger partial charge < -0.3 is 35.5 Å². The Kier molecular flexibility index (Phi) is 7.11. The van der Waals surface area contributed by atoms with Gasteiger partial charge in [0.15, 0.2) is 28.9 Å². The van der Waals surface area contributed by atoms with Gasteiger partial charge in [0.1, 0.15) is 42.4 Å². The van der Waals surface area contributed by atoms with Crippen LogP contribution in [0.3, 0.4) is 0 Å². The van der Waals surface area contributed by atoms with Crippen LogP contribution in [0.4, 0.5) is 11.8 Å². The second kappa shape index (κ2) is 10.7. The lowest BCUT2D eigenvalue weighted by Crippen LogP contribution is -2.37. The van der Waals surface area contributed by atoms with E-state index >= 15 is 0 Å². The number of aliphatic hydroxyl groups is 1. The van der Waals surface area contributed by atoms with Crippen molar-refractivity contribution in [3.05, 3.63) is 23.0 Å². The zero-order valence-electron chi connectivity index (χ0n) is 24.0. The Bertz CT molecular complexity index is 2060. The molecule has 0 radical (unpaired) electrons. The molecule has 252 valence electrons. The number of anilines is 2. The van der Waals surface area contributed by atoms with Crippen molar-refractivity contribution in [3.8, 4) is 0 Å². The number of hydrogen-bond acceptors (Lipinski definition) is 18. The Morgan fingerprint density at radius 1 is 1.17 bits per heavy atom. The molecule has 4 aliphatic rings. The SMILES string of the molecule is CO[C@H]1[C@H]2OP(=O)(O)OC[C@@]34C[C@@H]3[C@@H](n3cnc5c(N)ncnc53)[C@H](O)[C@@H]4O[P@](=O)(S)OC[C@H]1O[C@H]2n1nnc2c(=O)[nH]c(N)nc21. The summed E-state index contributed by atoms with van der Waals surface area (Å²) in [5, 5.41) is 19.3. The molecule has 2 saturated carbocycles. The Hall–Kier alpha value is -3.08. The number of phosphoric acid groups is 1. The fourth-order valence-corrected chi connectivity index (χ4v) is 9.47. The summed E-state index contributed by atoms with van der Waals surface area (Å²) in [5.74, 6) is -0.541. The third kappa shape index (κ3) is 4.92. The van der Waals surface area contributed by atoms with E-state index in [0.717, 1.165) is 4.68 Å². The summed E-state index contributed by atoms with van der Waals surface area (Å²) in [7, 11) is -3.68. The number of thiol groups is 1. The number of imidazole rings is 1. The molecule has 7 N–H and O–H groups in total. The van der Waals surface area contributed by atoms with Crippen LogP contribution in [0.15, 0.2) is 17.4 Å². The Morgan fingerprint density at radius 2 is 1.98 bits per heavy atom. The number of nitrogens with zero attached hydrogens (tertiary/aromatic N) is 8. The minimum atomic E-state index is -4.97. The quantitative estimate of drug-likeness (QED) is 0.113. The average molecular weight is 716 g/mol. The molecule has 0 amide bonds. The van der Waals surface area contributed by atoms with Crippen molar-refractivity contribution < 1.29 is 46.7 Å². The maximum atomic E-state index is 13.7. The highest BCUT2D eigenvalue weighted by Crippen LogP contribution is 2.73. The summed E-state index contributed by atoms with van der Waals surface area (Å²) in [6.45, 7) is -5.24. The van der Waals surface area contributed by atoms with Crippen molar-refractivity contribution in [1.29, 1.82) is 0 Å². The van der Waals surface area contributed by atoms with E-state index in [2.05, 4.69) is 47.5 Å². The molecular weight excluding hydrogens is 688 g/mol. The van der Waals surface area contributed by atoms with Gasteiger partial charge in [0, 0.05) is 12.5 Å². The highest BCUT2D eigenvalue weighted by Gasteiger charge is 2.74. The summed E-state index contributed by atoms with van der Waals surface area (Å²) in [5.41, 5.74) is 10.2. The van der Waals surface area contributed by atoms with Gasteiger partial charge >= 0.3 is 14.6 Å². The van der Waals surface area contributed by atoms with Crippen molar-refractivity contribution >= 4 is 61.0 Å². The first-order chi connectivity index (χ1) is 22.3. The summed E-state index contributed by atoms with van der Waals surface area (Å²) in [4.78, 5) is 42.3. The topological polar surface area (TPSA) is 302 Å². The van der Waals surface area contributed by atoms with E-state index in [1.807, 2.05) is 0 Å². The average Bonchev–Trinajstić information content (AvgIpc) is 3.30. The molecule has 1 unspecified atom stereocenters. The molecule has 47 heavy (non-hydrogen) atoms. The van der Waals surface area contributed by atoms with Gasteiger partial charge in [-0.2, -0.15) is 9.67 Å². The molecular formula is C22H27N11O11P2S. The number of aromatic nitrogens is 9. The van der Waals surface area contributed by atoms with E-state index in [1.165, 1.54) is 19.8 Å². The normalized spacial score (nSPS) is 40.4. The van der Waals surface area contributed by atoms with Crippen LogP contribution in [0.2, 0.25) is 0 Å². The number of hydrogen-bond donors (Lipinski definition) is 6. The number of fused-ring (bicyclic) bond motifs is 4. The van der Waals surface area contributed by atoms with E-state index in [0.29, 0.717) is 17.6 Å². The molecule has 8 rings (SSSR count). The van der Waals surface area contributed by atoms with E-state index in [-0.39, 0.29) is 22.9 Å². The molecule has 2 aliphatic carbocycles. The van der Waals surface area contributed by atoms with Gasteiger partial charge in [-0.25, -0.2) is 24.1 Å². The molecule has 4 aromatic heterocycles. The van der Waals surface area contributed by atoms with Crippen LogP contribution in [-0.2, 0) is 36.7 Å². The lowest BCUT2D eigenvalue weighted by atomic mass is 10.0. The third-order valence-electron chi connectivity index (χ3n) is 9.08. The molecule has 0 aromatic carbocycles. The first-order valence-electron chi connectivity index (χ1n) is 14.0. The Morgan fingerprint density at radius 3 is 2.77 bits per heavy atom. The van der Waals surface area contributed by atoms with Crippen LogP contribution < -0.4 is 17.0 Å². The van der Waals surface area contributed by atoms with Gasteiger partial charge in [0.25, 0.3) is 5.56 Å². The summed E-state index contributed by atoms with van der Waals surface area (Å²) < 4.78 is 64.3. The number of phosphoric ester groups is 1. The minimum absolute atomic E-state index is 0.119. The zero-order chi connectivity index (χ0) is 33.0. The fraction of sp³-hybridized carbons (Fsp3) is 0.591. The molecule has 4 aromatic rings. The molecule has 2 saturated heterocycles. The highest BCUT2D eigenvalue weighted by atomic mass is 32.7. The van der Waals surface area contributed by atoms with Crippen LogP contribution in [0.25, 0.3) is 22.3 Å². The number of aliphatic hydroxyl groups excluding tert-OH is 1. The Balaban J connectivity index is 1.15. The maximum absolute atomic E-state index is 13.7. The van der Waals surface area contributed by atoms with E-state index in [4.69, 9.17) is 39.0 Å². The third-order valence-corrected chi connectivity index (χ3v) is 11.6. The lowest BCUT2D eigenvalue weighted by molar-refractivity contribution is -0.0647. The summed E-state index contributed by atoms with van der Waals surface area (Å²) >= 11 is 4.18. The summed E-state index contributed by atoms with van der Waals surface area (Å²) in [6, 6.07) is -0.742. The second-order valence-electron chi connectivity index (χ2n) is 11.6. The fourth-order valence-electron chi connectivity index (χ4n) is 6.95. The number of ether oxygens (including phenoxy) is 2. The van der Waals surface area contributed by atoms with Crippen LogP contribution in [0.1, 0.15) is 18.7 Å². The minimum Gasteiger partial charge on any atom is -0.388 e. The van der Waals surface area contributed by atoms with Gasteiger partial charge in [-0.05, 0) is 12.3 Å². The maximum Gasteiger partial charge on any atom is 0.472 e. The number of rotatable bonds is 3. The van der Waals surface area contributed by atoms with E-state index in [9.17, 15) is 23.9 Å². The molecule has 22 nitrogen and oxygen atoms in total. The molecule has 6 heterocycles.